The Kier molecular flexibility index (Phi) is 2.15. The van der Waals surface area contributed by atoms with Crippen LogP contribution in [0.25, 0.3) is 0 Å². The number of carbonyl (C=O) groups is 3. The molecule has 5 heteroatoms. The quantitative estimate of drug-likeness (QED) is 0.624. The van der Waals surface area contributed by atoms with Gasteiger partial charge in [0.2, 0.25) is 0 Å². The summed E-state index contributed by atoms with van der Waals surface area (Å²) in [5.41, 5.74) is 0.448. The lowest BCUT2D eigenvalue weighted by molar-refractivity contribution is -0.131. The highest BCUT2D eigenvalue weighted by molar-refractivity contribution is 6.21. The minimum atomic E-state index is -1.57. The number of imide groups is 1. The number of hydrogen-bond acceptors (Lipinski definition) is 3. The molecule has 2 amide bonds. The van der Waals surface area contributed by atoms with Crippen molar-refractivity contribution in [2.75, 3.05) is 6.54 Å². The Morgan fingerprint density at radius 3 is 2.29 bits per heavy atom. The summed E-state index contributed by atoms with van der Waals surface area (Å²) in [5, 5.41) is 8.58. The Labute approximate surface area is 99.8 Å². The second-order valence-corrected chi connectivity index (χ2v) is 3.35. The lowest BCUT2D eigenvalue weighted by Gasteiger charge is -2.09. The summed E-state index contributed by atoms with van der Waals surface area (Å²) in [7, 11) is 0. The maximum absolute atomic E-state index is 11.9. The van der Waals surface area contributed by atoms with Crippen molar-refractivity contribution in [1.82, 2.24) is 4.90 Å². The van der Waals surface area contributed by atoms with Crippen molar-refractivity contribution in [2.45, 2.75) is 0 Å². The molecule has 0 saturated carbocycles. The van der Waals surface area contributed by atoms with E-state index in [9.17, 15) is 14.4 Å². The number of benzene rings is 1. The van der Waals surface area contributed by atoms with Gasteiger partial charge in [0.1, 0.15) is 0 Å². The van der Waals surface area contributed by atoms with Crippen molar-refractivity contribution < 1.29 is 22.2 Å². The van der Waals surface area contributed by atoms with Crippen LogP contribution >= 0.6 is 0 Å². The van der Waals surface area contributed by atoms with Crippen LogP contribution in [-0.4, -0.2) is 34.3 Å². The summed E-state index contributed by atoms with van der Waals surface area (Å²) in [4.78, 5) is 35.2. The minimum absolute atomic E-state index is 0.224. The third-order valence-corrected chi connectivity index (χ3v) is 2.31. The average Bonchev–Trinajstić information content (AvgIpc) is 2.63. The third-order valence-electron chi connectivity index (χ3n) is 2.31. The lowest BCUT2D eigenvalue weighted by Crippen LogP contribution is -2.29. The molecule has 5 nitrogen and oxygen atoms in total. The van der Waals surface area contributed by atoms with Gasteiger partial charge >= 0.3 is 5.97 Å². The smallest absolute Gasteiger partial charge is 0.328 e. The Morgan fingerprint density at radius 2 is 1.82 bits per heavy atom. The first-order valence-electron chi connectivity index (χ1n) is 5.78. The van der Waals surface area contributed by atoms with E-state index in [1.165, 1.54) is 12.1 Å². The number of carboxylic acid groups (broad SMARTS) is 1. The van der Waals surface area contributed by atoms with Crippen LogP contribution in [-0.2, 0) is 4.79 Å². The van der Waals surface area contributed by atoms with Crippen LogP contribution in [0.1, 0.15) is 23.5 Å². The van der Waals surface area contributed by atoms with Gasteiger partial charge in [-0.05, 0) is 12.1 Å². The number of hydrogen-bond donors (Lipinski definition) is 1. The summed E-state index contributed by atoms with van der Waals surface area (Å²) >= 11 is 0. The molecule has 1 aliphatic rings. The minimum Gasteiger partial charge on any atom is -0.478 e. The molecule has 86 valence electrons. The first-order chi connectivity index (χ1) is 8.93. The fourth-order valence-corrected chi connectivity index (χ4v) is 1.58. The Balaban J connectivity index is 2.31. The van der Waals surface area contributed by atoms with Crippen LogP contribution in [0, 0.1) is 0 Å². The Hall–Kier alpha value is -2.43. The maximum atomic E-state index is 11.9. The van der Waals surface area contributed by atoms with Gasteiger partial charge in [0.15, 0.2) is 0 Å². The van der Waals surface area contributed by atoms with Crippen LogP contribution in [0.5, 0.6) is 0 Å². The number of fused-ring (bicyclic) bond motifs is 1. The highest BCUT2D eigenvalue weighted by atomic mass is 16.4. The van der Waals surface area contributed by atoms with Gasteiger partial charge in [0, 0.05) is 12.6 Å². The van der Waals surface area contributed by atoms with E-state index in [1.54, 1.807) is 12.1 Å². The second kappa shape index (κ2) is 4.21. The third kappa shape index (κ3) is 1.94. The van der Waals surface area contributed by atoms with Gasteiger partial charge in [-0.2, -0.15) is 0 Å². The molecule has 17 heavy (non-hydrogen) atoms. The summed E-state index contributed by atoms with van der Waals surface area (Å²) in [5.74, 6) is -2.73. The maximum Gasteiger partial charge on any atom is 0.328 e. The highest BCUT2D eigenvalue weighted by Crippen LogP contribution is 2.21. The molecule has 1 aliphatic heterocycles. The largest absolute Gasteiger partial charge is 0.478 e. The van der Waals surface area contributed by atoms with E-state index in [4.69, 9.17) is 7.85 Å². The molecule has 2 rings (SSSR count). The molecule has 0 atom stereocenters. The first-order valence-corrected chi connectivity index (χ1v) is 4.78. The van der Waals surface area contributed by atoms with E-state index < -0.39 is 36.4 Å². The summed E-state index contributed by atoms with van der Waals surface area (Å²) < 4.78 is 14.6. The number of nitrogens with zero attached hydrogens (tertiary/aromatic N) is 1. The van der Waals surface area contributed by atoms with Gasteiger partial charge in [-0.3, -0.25) is 14.5 Å². The van der Waals surface area contributed by atoms with Gasteiger partial charge < -0.3 is 5.11 Å². The number of carboxylic acids is 1. The van der Waals surface area contributed by atoms with Crippen molar-refractivity contribution in [3.63, 3.8) is 0 Å². The van der Waals surface area contributed by atoms with Gasteiger partial charge in [0.25, 0.3) is 11.8 Å². The van der Waals surface area contributed by atoms with Crippen LogP contribution < -0.4 is 0 Å². The summed E-state index contributed by atoms with van der Waals surface area (Å²) in [6.07, 6.45) is 0. The molecule has 0 unspecified atom stereocenters. The molecular weight excluding hydrogens is 222 g/mol. The fourth-order valence-electron chi connectivity index (χ4n) is 1.58. The standard InChI is InChI=1S/C12H9NO4/c14-10(15)6-3-7-13-11(16)8-4-1-2-5-9(8)12(13)17/h1-6H,7H2,(H,14,15)/b6-3+/i3T,6T. The van der Waals surface area contributed by atoms with Crippen molar-refractivity contribution in [1.29, 1.82) is 0 Å². The normalized spacial score (nSPS) is 17.3. The molecule has 0 aromatic heterocycles. The molecule has 0 radical (unpaired) electrons. The molecular formula is C12H9NO4. The van der Waals surface area contributed by atoms with E-state index in [2.05, 4.69) is 0 Å². The number of carbonyl (C=O) groups excluding carboxylic acids is 2. The van der Waals surface area contributed by atoms with Gasteiger partial charge in [-0.15, -0.1) is 0 Å². The Morgan fingerprint density at radius 1 is 1.29 bits per heavy atom. The van der Waals surface area contributed by atoms with E-state index in [0.717, 1.165) is 4.90 Å². The van der Waals surface area contributed by atoms with Gasteiger partial charge in [-0.1, -0.05) is 18.2 Å². The Bertz CT molecular complexity index is 589. The zero-order valence-electron chi connectivity index (χ0n) is 10.6. The molecule has 0 spiro atoms. The number of aliphatic carboxylic acids is 1. The second-order valence-electron chi connectivity index (χ2n) is 3.35. The topological polar surface area (TPSA) is 74.7 Å². The van der Waals surface area contributed by atoms with Crippen LogP contribution in [0.4, 0.5) is 0 Å². The molecule has 0 saturated heterocycles. The molecule has 0 fully saturated rings. The molecule has 1 aromatic carbocycles. The molecule has 1 heterocycles. The molecule has 1 N–H and O–H groups in total. The van der Waals surface area contributed by atoms with Crippen molar-refractivity contribution >= 4 is 17.8 Å². The molecule has 0 bridgehead atoms. The van der Waals surface area contributed by atoms with E-state index in [0.29, 0.717) is 0 Å². The zero-order chi connectivity index (χ0) is 14.2. The fraction of sp³-hybridized carbons (Fsp3) is 0.0833. The molecule has 0 aliphatic carbocycles. The van der Waals surface area contributed by atoms with E-state index in [-0.39, 0.29) is 11.1 Å². The van der Waals surface area contributed by atoms with Gasteiger partial charge in [-0.25, -0.2) is 4.79 Å². The first kappa shape index (κ1) is 8.69. The van der Waals surface area contributed by atoms with Crippen molar-refractivity contribution in [3.05, 3.63) is 47.5 Å². The van der Waals surface area contributed by atoms with Crippen molar-refractivity contribution in [3.8, 4) is 0 Å². The zero-order valence-corrected chi connectivity index (χ0v) is 8.64. The molecule has 1 aromatic rings. The lowest BCUT2D eigenvalue weighted by atomic mass is 10.1. The predicted octanol–water partition coefficient (Wildman–Crippen LogP) is 0.923. The van der Waals surface area contributed by atoms with Crippen LogP contribution in [0.3, 0.4) is 0 Å². The SMILES string of the molecule is [3H]/C(CN1C(=O)c2ccccc2C1=O)=C(/[3H])C(=O)O. The van der Waals surface area contributed by atoms with E-state index in [1.807, 2.05) is 0 Å². The number of rotatable bonds is 3. The van der Waals surface area contributed by atoms with E-state index >= 15 is 0 Å². The van der Waals surface area contributed by atoms with Crippen LogP contribution in [0.15, 0.2) is 36.4 Å². The number of amides is 2. The van der Waals surface area contributed by atoms with Crippen molar-refractivity contribution in [2.24, 2.45) is 0 Å². The summed E-state index contributed by atoms with van der Waals surface area (Å²) in [6, 6.07) is 4.66. The summed E-state index contributed by atoms with van der Waals surface area (Å²) in [6.45, 7) is -0.516. The van der Waals surface area contributed by atoms with Gasteiger partial charge in [0.05, 0.1) is 13.9 Å². The average molecular weight is 235 g/mol. The monoisotopic (exact) mass is 235 g/mol. The van der Waals surface area contributed by atoms with Crippen LogP contribution in [0.2, 0.25) is 0 Å². The highest BCUT2D eigenvalue weighted by Gasteiger charge is 2.33. The predicted molar refractivity (Wildman–Crippen MR) is 58.6 cm³/mol.